The fraction of sp³-hybridized carbons (Fsp3) is 0.467. The fourth-order valence-corrected chi connectivity index (χ4v) is 2.24. The summed E-state index contributed by atoms with van der Waals surface area (Å²) < 4.78 is 0. The Hall–Kier alpha value is -1.82. The lowest BCUT2D eigenvalue weighted by atomic mass is 9.98. The van der Waals surface area contributed by atoms with Crippen LogP contribution in [0.2, 0.25) is 0 Å². The lowest BCUT2D eigenvalue weighted by Gasteiger charge is -2.30. The molecule has 3 nitrogen and oxygen atoms in total. The second kappa shape index (κ2) is 5.68. The summed E-state index contributed by atoms with van der Waals surface area (Å²) >= 11 is 0. The first kappa shape index (κ1) is 12.6. The van der Waals surface area contributed by atoms with Gasteiger partial charge in [-0.25, -0.2) is 0 Å². The summed E-state index contributed by atoms with van der Waals surface area (Å²) in [7, 11) is 0. The number of nitriles is 1. The molecule has 2 rings (SSSR count). The number of hydrogen-bond acceptors (Lipinski definition) is 2. The molecule has 3 heteroatoms. The van der Waals surface area contributed by atoms with Gasteiger partial charge in [0.1, 0.15) is 0 Å². The van der Waals surface area contributed by atoms with E-state index in [1.807, 2.05) is 17.0 Å². The van der Waals surface area contributed by atoms with Crippen molar-refractivity contribution in [3.05, 3.63) is 35.4 Å². The molecular weight excluding hydrogens is 224 g/mol. The van der Waals surface area contributed by atoms with Crippen LogP contribution in [0.4, 0.5) is 0 Å². The van der Waals surface area contributed by atoms with Crippen LogP contribution in [0.1, 0.15) is 30.9 Å². The Morgan fingerprint density at radius 3 is 2.50 bits per heavy atom. The van der Waals surface area contributed by atoms with Crippen molar-refractivity contribution in [2.75, 3.05) is 13.1 Å². The molecule has 0 aliphatic carbocycles. The molecule has 0 N–H and O–H groups in total. The molecule has 1 aliphatic rings. The van der Waals surface area contributed by atoms with E-state index in [4.69, 9.17) is 5.26 Å². The van der Waals surface area contributed by atoms with Crippen molar-refractivity contribution in [2.24, 2.45) is 5.92 Å². The summed E-state index contributed by atoms with van der Waals surface area (Å²) in [4.78, 5) is 14.0. The highest BCUT2D eigenvalue weighted by atomic mass is 16.2. The molecule has 0 aromatic heterocycles. The van der Waals surface area contributed by atoms with Crippen molar-refractivity contribution in [2.45, 2.75) is 26.2 Å². The van der Waals surface area contributed by atoms with E-state index in [9.17, 15) is 4.79 Å². The third-order valence-corrected chi connectivity index (χ3v) is 3.57. The second-order valence-electron chi connectivity index (χ2n) is 5.05. The van der Waals surface area contributed by atoms with Gasteiger partial charge >= 0.3 is 0 Å². The molecule has 18 heavy (non-hydrogen) atoms. The van der Waals surface area contributed by atoms with E-state index in [0.717, 1.165) is 37.4 Å². The van der Waals surface area contributed by atoms with Crippen molar-refractivity contribution >= 4 is 5.91 Å². The predicted octanol–water partition coefficient (Wildman–Crippen LogP) is 2.36. The molecule has 1 amide bonds. The number of hydrogen-bond donors (Lipinski definition) is 0. The number of likely N-dealkylation sites (tertiary alicyclic amines) is 1. The largest absolute Gasteiger partial charge is 0.342 e. The van der Waals surface area contributed by atoms with Crippen LogP contribution in [0.5, 0.6) is 0 Å². The van der Waals surface area contributed by atoms with Gasteiger partial charge in [-0.1, -0.05) is 19.1 Å². The summed E-state index contributed by atoms with van der Waals surface area (Å²) in [6, 6.07) is 9.34. The lowest BCUT2D eigenvalue weighted by Crippen LogP contribution is -2.38. The normalized spacial score (nSPS) is 16.3. The fourth-order valence-electron chi connectivity index (χ4n) is 2.24. The van der Waals surface area contributed by atoms with Gasteiger partial charge in [0.15, 0.2) is 0 Å². The zero-order valence-corrected chi connectivity index (χ0v) is 10.7. The average Bonchev–Trinajstić information content (AvgIpc) is 2.40. The predicted molar refractivity (Wildman–Crippen MR) is 69.8 cm³/mol. The van der Waals surface area contributed by atoms with Gasteiger partial charge in [-0.3, -0.25) is 4.79 Å². The highest BCUT2D eigenvalue weighted by Gasteiger charge is 2.20. The molecule has 94 valence electrons. The second-order valence-corrected chi connectivity index (χ2v) is 5.05. The molecule has 1 fully saturated rings. The van der Waals surface area contributed by atoms with Crippen LogP contribution >= 0.6 is 0 Å². The van der Waals surface area contributed by atoms with Gasteiger partial charge in [-0.2, -0.15) is 5.26 Å². The molecule has 1 aliphatic heterocycles. The third-order valence-electron chi connectivity index (χ3n) is 3.57. The van der Waals surface area contributed by atoms with Crippen LogP contribution in [0.15, 0.2) is 24.3 Å². The molecule has 1 aromatic rings. The summed E-state index contributed by atoms with van der Waals surface area (Å²) in [6.07, 6.45) is 2.66. The van der Waals surface area contributed by atoms with E-state index in [1.165, 1.54) is 0 Å². The molecule has 1 saturated heterocycles. The maximum absolute atomic E-state index is 12.1. The van der Waals surface area contributed by atoms with Crippen molar-refractivity contribution in [3.63, 3.8) is 0 Å². The van der Waals surface area contributed by atoms with Crippen LogP contribution in [-0.4, -0.2) is 23.9 Å². The number of benzene rings is 1. The van der Waals surface area contributed by atoms with Crippen molar-refractivity contribution in [1.82, 2.24) is 4.90 Å². The third kappa shape index (κ3) is 3.10. The number of carbonyl (C=O) groups is 1. The van der Waals surface area contributed by atoms with Gasteiger partial charge in [0.2, 0.25) is 5.91 Å². The summed E-state index contributed by atoms with van der Waals surface area (Å²) in [6.45, 7) is 4.01. The zero-order chi connectivity index (χ0) is 13.0. The quantitative estimate of drug-likeness (QED) is 0.799. The lowest BCUT2D eigenvalue weighted by molar-refractivity contribution is -0.131. The standard InChI is InChI=1S/C15H18N2O/c1-12-6-8-17(9-7-12)15(18)10-13-2-4-14(11-16)5-3-13/h2-5,12H,6-10H2,1H3. The molecule has 1 aromatic carbocycles. The van der Waals surface area contributed by atoms with Gasteiger partial charge in [0.25, 0.3) is 0 Å². The Morgan fingerprint density at radius 1 is 1.33 bits per heavy atom. The number of piperidine rings is 1. The van der Waals surface area contributed by atoms with E-state index in [2.05, 4.69) is 13.0 Å². The number of carbonyl (C=O) groups excluding carboxylic acids is 1. The van der Waals surface area contributed by atoms with Gasteiger partial charge in [-0.05, 0) is 36.5 Å². The Balaban J connectivity index is 1.92. The van der Waals surface area contributed by atoms with Crippen LogP contribution in [0, 0.1) is 17.2 Å². The summed E-state index contributed by atoms with van der Waals surface area (Å²) in [5, 5.41) is 8.71. The zero-order valence-electron chi connectivity index (χ0n) is 10.7. The molecule has 0 atom stereocenters. The van der Waals surface area contributed by atoms with Crippen LogP contribution < -0.4 is 0 Å². The Bertz CT molecular complexity index is 450. The molecule has 0 unspecified atom stereocenters. The Morgan fingerprint density at radius 2 is 1.94 bits per heavy atom. The molecule has 0 spiro atoms. The molecule has 0 radical (unpaired) electrons. The number of amides is 1. The van der Waals surface area contributed by atoms with Crippen LogP contribution in [-0.2, 0) is 11.2 Å². The van der Waals surface area contributed by atoms with Crippen molar-refractivity contribution in [1.29, 1.82) is 5.26 Å². The Kier molecular flexibility index (Phi) is 3.99. The highest BCUT2D eigenvalue weighted by molar-refractivity contribution is 5.78. The SMILES string of the molecule is CC1CCN(C(=O)Cc2ccc(C#N)cc2)CC1. The molecule has 0 bridgehead atoms. The van der Waals surface area contributed by atoms with Crippen molar-refractivity contribution < 1.29 is 4.79 Å². The first-order valence-corrected chi connectivity index (χ1v) is 6.46. The molecule has 0 saturated carbocycles. The maximum atomic E-state index is 12.1. The first-order valence-electron chi connectivity index (χ1n) is 6.46. The smallest absolute Gasteiger partial charge is 0.226 e. The minimum absolute atomic E-state index is 0.201. The topological polar surface area (TPSA) is 44.1 Å². The van der Waals surface area contributed by atoms with Gasteiger partial charge in [0.05, 0.1) is 18.1 Å². The van der Waals surface area contributed by atoms with Gasteiger partial charge in [0, 0.05) is 13.1 Å². The first-order chi connectivity index (χ1) is 8.69. The van der Waals surface area contributed by atoms with E-state index < -0.39 is 0 Å². The summed E-state index contributed by atoms with van der Waals surface area (Å²) in [5.41, 5.74) is 1.62. The van der Waals surface area contributed by atoms with E-state index >= 15 is 0 Å². The van der Waals surface area contributed by atoms with Gasteiger partial charge < -0.3 is 4.90 Å². The van der Waals surface area contributed by atoms with E-state index in [-0.39, 0.29) is 5.91 Å². The average molecular weight is 242 g/mol. The van der Waals surface area contributed by atoms with Crippen LogP contribution in [0.25, 0.3) is 0 Å². The minimum atomic E-state index is 0.201. The van der Waals surface area contributed by atoms with Crippen molar-refractivity contribution in [3.8, 4) is 6.07 Å². The monoisotopic (exact) mass is 242 g/mol. The highest BCUT2D eigenvalue weighted by Crippen LogP contribution is 2.17. The number of nitrogens with zero attached hydrogens (tertiary/aromatic N) is 2. The maximum Gasteiger partial charge on any atom is 0.226 e. The molecule has 1 heterocycles. The number of rotatable bonds is 2. The molecular formula is C15H18N2O. The summed E-state index contributed by atoms with van der Waals surface area (Å²) in [5.74, 6) is 0.940. The Labute approximate surface area is 108 Å². The van der Waals surface area contributed by atoms with E-state index in [0.29, 0.717) is 12.0 Å². The van der Waals surface area contributed by atoms with Crippen LogP contribution in [0.3, 0.4) is 0 Å². The minimum Gasteiger partial charge on any atom is -0.342 e. The van der Waals surface area contributed by atoms with Gasteiger partial charge in [-0.15, -0.1) is 0 Å². The van der Waals surface area contributed by atoms with E-state index in [1.54, 1.807) is 12.1 Å².